The second-order valence-corrected chi connectivity index (χ2v) is 19.9. The van der Waals surface area contributed by atoms with E-state index in [0.717, 1.165) is 89.2 Å². The van der Waals surface area contributed by atoms with Gasteiger partial charge < -0.3 is 9.47 Å². The van der Waals surface area contributed by atoms with Gasteiger partial charge in [0.1, 0.15) is 10.9 Å². The van der Waals surface area contributed by atoms with Crippen LogP contribution in [0.25, 0.3) is 0 Å². The number of methoxy groups -OCH3 is 1. The fraction of sp³-hybridized carbons (Fsp3) is 0.692. The Balaban J connectivity index is 1.91. The van der Waals surface area contributed by atoms with E-state index in [1.807, 2.05) is 0 Å². The molecule has 0 N–H and O–H groups in total. The smallest absolute Gasteiger partial charge is 0.410 e. The summed E-state index contributed by atoms with van der Waals surface area (Å²) in [6.07, 6.45) is 47.2. The van der Waals surface area contributed by atoms with Crippen LogP contribution in [0.15, 0.2) is 71.7 Å². The molecule has 0 radical (unpaired) electrons. The molecule has 1 amide bonds. The first-order valence-electron chi connectivity index (χ1n) is 25.2. The summed E-state index contributed by atoms with van der Waals surface area (Å²) in [5, 5.41) is 22.9. The van der Waals surface area contributed by atoms with Crippen LogP contribution >= 0.6 is 0 Å². The van der Waals surface area contributed by atoms with E-state index in [-0.39, 0.29) is 25.5 Å². The van der Waals surface area contributed by atoms with Crippen LogP contribution in [0.1, 0.15) is 187 Å². The van der Waals surface area contributed by atoms with Gasteiger partial charge in [-0.3, -0.25) is 25.1 Å². The highest BCUT2D eigenvalue weighted by Crippen LogP contribution is 2.33. The van der Waals surface area contributed by atoms with Gasteiger partial charge in [-0.1, -0.05) is 152 Å². The average Bonchev–Trinajstić information content (AvgIpc) is 3.72. The number of unbranched alkanes of at least 4 members (excludes halogenated alkanes) is 18. The van der Waals surface area contributed by atoms with Crippen molar-refractivity contribution in [1.29, 1.82) is 0 Å². The second kappa shape index (κ2) is 35.8. The van der Waals surface area contributed by atoms with Crippen molar-refractivity contribution in [2.45, 2.75) is 198 Å². The van der Waals surface area contributed by atoms with Gasteiger partial charge in [0, 0.05) is 12.6 Å². The first-order valence-corrected chi connectivity index (χ1v) is 26.9. The predicted molar refractivity (Wildman–Crippen MR) is 265 cm³/mol. The highest BCUT2D eigenvalue weighted by molar-refractivity contribution is 7.91. The maximum Gasteiger partial charge on any atom is 0.410 e. The minimum atomic E-state index is -4.36. The molecule has 2 atom stereocenters. The fourth-order valence-electron chi connectivity index (χ4n) is 8.46. The fourth-order valence-corrected chi connectivity index (χ4v) is 10.2. The number of carbonyl (C=O) groups excluding carboxylic acids is 2. The molecule has 0 unspecified atom stereocenters. The van der Waals surface area contributed by atoms with E-state index in [9.17, 15) is 38.2 Å². The molecule has 1 aliphatic rings. The van der Waals surface area contributed by atoms with Gasteiger partial charge >= 0.3 is 12.1 Å². The lowest BCUT2D eigenvalue weighted by Gasteiger charge is -2.24. The molecule has 1 aromatic carbocycles. The van der Waals surface area contributed by atoms with Crippen LogP contribution in [0.3, 0.4) is 0 Å². The maximum atomic E-state index is 13.6. The summed E-state index contributed by atoms with van der Waals surface area (Å²) in [6, 6.07) is 1.28. The zero-order valence-corrected chi connectivity index (χ0v) is 41.4. The van der Waals surface area contributed by atoms with E-state index >= 15 is 0 Å². The van der Waals surface area contributed by atoms with E-state index in [1.54, 1.807) is 0 Å². The highest BCUT2D eigenvalue weighted by Gasteiger charge is 2.44. The molecule has 1 saturated heterocycles. The maximum absolute atomic E-state index is 13.6. The molecule has 2 rings (SSSR count). The van der Waals surface area contributed by atoms with Crippen molar-refractivity contribution in [3.8, 4) is 0 Å². The molecule has 372 valence electrons. The third-order valence-electron chi connectivity index (χ3n) is 12.3. The van der Waals surface area contributed by atoms with Gasteiger partial charge in [0.25, 0.3) is 11.4 Å². The minimum Gasteiger partial charge on any atom is -0.467 e. The lowest BCUT2D eigenvalue weighted by Crippen LogP contribution is -2.42. The number of nitro groups is 2. The Hall–Kier alpha value is -4.33. The second-order valence-electron chi connectivity index (χ2n) is 17.9. The molecule has 13 nitrogen and oxygen atoms in total. The van der Waals surface area contributed by atoms with Gasteiger partial charge in [-0.15, -0.1) is 0 Å². The number of amides is 1. The molecule has 0 spiro atoms. The standard InChI is InChI=1S/C52H83N3O10S/c1-4-6-8-10-12-14-16-18-20-22-24-26-28-30-32-34-36-45(37-35-33-31-29-27-25-23-21-19-17-15-13-11-9-7-5-2)43-65-52(57)53-42-46(40-49(53)51(56)64-3)44-66(62,63)50-39-38-47(54(58)59)41-48(50)55(60)61/h12-15,18-21,38-39,41,45-46,49H,4-11,16-17,22-37,40,42-44H2,1-3H3/b14-12-,15-13-,20-18-,21-19-/t46-,49-/m0/s1. The molecule has 1 heterocycles. The van der Waals surface area contributed by atoms with Crippen molar-refractivity contribution in [2.24, 2.45) is 11.8 Å². The largest absolute Gasteiger partial charge is 0.467 e. The van der Waals surface area contributed by atoms with Crippen LogP contribution < -0.4 is 0 Å². The quantitative estimate of drug-likeness (QED) is 0.0204. The van der Waals surface area contributed by atoms with E-state index < -0.39 is 65.7 Å². The van der Waals surface area contributed by atoms with Crippen molar-refractivity contribution >= 4 is 33.3 Å². The van der Waals surface area contributed by atoms with E-state index in [0.29, 0.717) is 6.07 Å². The van der Waals surface area contributed by atoms with Crippen LogP contribution in [0.5, 0.6) is 0 Å². The van der Waals surface area contributed by atoms with Gasteiger partial charge in [0.05, 0.1) is 35.4 Å². The number of esters is 1. The number of allylic oxidation sites excluding steroid dienone is 8. The summed E-state index contributed by atoms with van der Waals surface area (Å²) in [6.45, 7) is 4.50. The van der Waals surface area contributed by atoms with Gasteiger partial charge in [0.15, 0.2) is 9.84 Å². The van der Waals surface area contributed by atoms with E-state index in [2.05, 4.69) is 62.5 Å². The number of benzene rings is 1. The Morgan fingerprint density at radius 3 is 1.62 bits per heavy atom. The molecule has 1 aliphatic heterocycles. The summed E-state index contributed by atoms with van der Waals surface area (Å²) in [4.78, 5) is 48.2. The Bertz CT molecular complexity index is 1730. The number of nitro benzene ring substituents is 2. The lowest BCUT2D eigenvalue weighted by molar-refractivity contribution is -0.396. The van der Waals surface area contributed by atoms with Crippen molar-refractivity contribution in [1.82, 2.24) is 4.90 Å². The Labute approximate surface area is 397 Å². The third kappa shape index (κ3) is 25.0. The molecular weight excluding hydrogens is 859 g/mol. The number of sulfone groups is 1. The Kier molecular flexibility index (Phi) is 31.4. The van der Waals surface area contributed by atoms with Gasteiger partial charge in [0.2, 0.25) is 0 Å². The molecular formula is C52H83N3O10S. The molecule has 0 saturated carbocycles. The summed E-state index contributed by atoms with van der Waals surface area (Å²) >= 11 is 0. The number of hydrogen-bond donors (Lipinski definition) is 0. The van der Waals surface area contributed by atoms with E-state index in [1.165, 1.54) is 102 Å². The van der Waals surface area contributed by atoms with Crippen LogP contribution in [-0.2, 0) is 24.1 Å². The number of rotatable bonds is 38. The number of likely N-dealkylation sites (tertiary alicyclic amines) is 1. The molecule has 14 heteroatoms. The van der Waals surface area contributed by atoms with Crippen LogP contribution in [0.2, 0.25) is 0 Å². The number of nitrogens with zero attached hydrogens (tertiary/aromatic N) is 3. The number of non-ortho nitro benzene ring substituents is 1. The summed E-state index contributed by atoms with van der Waals surface area (Å²) in [5.74, 6) is -1.96. The van der Waals surface area contributed by atoms with E-state index in [4.69, 9.17) is 9.47 Å². The van der Waals surface area contributed by atoms with Crippen LogP contribution in [0, 0.1) is 32.1 Å². The number of hydrogen-bond acceptors (Lipinski definition) is 10. The average molecular weight is 942 g/mol. The van der Waals surface area contributed by atoms with Crippen molar-refractivity contribution in [2.75, 3.05) is 26.0 Å². The summed E-state index contributed by atoms with van der Waals surface area (Å²) in [5.41, 5.74) is -1.52. The Morgan fingerprint density at radius 2 is 1.17 bits per heavy atom. The number of ether oxygens (including phenoxy) is 2. The van der Waals surface area contributed by atoms with Gasteiger partial charge in [-0.25, -0.2) is 18.0 Å². The monoisotopic (exact) mass is 942 g/mol. The van der Waals surface area contributed by atoms with Crippen molar-refractivity contribution in [3.63, 3.8) is 0 Å². The molecule has 1 aromatic rings. The molecule has 0 bridgehead atoms. The molecule has 0 aliphatic carbocycles. The van der Waals surface area contributed by atoms with Crippen LogP contribution in [-0.4, -0.2) is 67.3 Å². The third-order valence-corrected chi connectivity index (χ3v) is 14.2. The molecule has 1 fully saturated rings. The zero-order valence-electron chi connectivity index (χ0n) is 40.6. The predicted octanol–water partition coefficient (Wildman–Crippen LogP) is 14.3. The zero-order chi connectivity index (χ0) is 48.3. The minimum absolute atomic E-state index is 0.0507. The first-order chi connectivity index (χ1) is 31.9. The molecule has 66 heavy (non-hydrogen) atoms. The Morgan fingerprint density at radius 1 is 0.697 bits per heavy atom. The van der Waals surface area contributed by atoms with Gasteiger partial charge in [-0.05, 0) is 101 Å². The summed E-state index contributed by atoms with van der Waals surface area (Å²) < 4.78 is 37.8. The topological polar surface area (TPSA) is 176 Å². The molecule has 0 aromatic heterocycles. The van der Waals surface area contributed by atoms with Gasteiger partial charge in [-0.2, -0.15) is 0 Å². The van der Waals surface area contributed by atoms with Crippen molar-refractivity contribution < 1.29 is 37.3 Å². The first kappa shape index (κ1) is 57.8. The normalized spacial score (nSPS) is 15.6. The number of carbonyl (C=O) groups is 2. The summed E-state index contributed by atoms with van der Waals surface area (Å²) in [7, 11) is -3.17. The lowest BCUT2D eigenvalue weighted by atomic mass is 9.94. The van der Waals surface area contributed by atoms with Crippen molar-refractivity contribution in [3.05, 3.63) is 87.0 Å². The highest BCUT2D eigenvalue weighted by atomic mass is 32.2. The van der Waals surface area contributed by atoms with Crippen LogP contribution in [0.4, 0.5) is 16.2 Å². The SMILES string of the molecule is CCCCC/C=C\C/C=C\CCCCCCCCC(CCCCCCCC/C=C\C/C=C\CCCCC)COC(=O)N1C[C@@H](CS(=O)(=O)c2ccc([N+](=O)[O-])cc2[N+](=O)[O-])C[C@H]1C(=O)OC.